The minimum Gasteiger partial charge on any atom is -0.469 e. The number of benzene rings is 1. The van der Waals surface area contributed by atoms with Crippen molar-refractivity contribution in [2.45, 2.75) is 6.42 Å². The number of carbonyl (C=O) groups excluding carboxylic acids is 1. The normalized spacial score (nSPS) is 9.78. The molecule has 0 amide bonds. The Morgan fingerprint density at radius 3 is 2.83 bits per heavy atom. The number of hydrogen-bond acceptors (Lipinski definition) is 4. The van der Waals surface area contributed by atoms with E-state index in [-0.39, 0.29) is 12.4 Å². The second-order valence-electron chi connectivity index (χ2n) is 3.68. The van der Waals surface area contributed by atoms with Gasteiger partial charge in [0.2, 0.25) is 0 Å². The molecule has 2 aromatic rings. The molecule has 0 atom stereocenters. The van der Waals surface area contributed by atoms with Gasteiger partial charge in [0.15, 0.2) is 0 Å². The van der Waals surface area contributed by atoms with Crippen LogP contribution in [0.15, 0.2) is 40.8 Å². The number of rotatable bonds is 3. The molecular formula is C14H11NO3. The van der Waals surface area contributed by atoms with Crippen LogP contribution in [0, 0.1) is 11.3 Å². The van der Waals surface area contributed by atoms with Crippen LogP contribution in [0.1, 0.15) is 11.3 Å². The average molecular weight is 241 g/mol. The maximum absolute atomic E-state index is 11.1. The Morgan fingerprint density at radius 1 is 1.33 bits per heavy atom. The first-order valence-corrected chi connectivity index (χ1v) is 5.39. The van der Waals surface area contributed by atoms with Gasteiger partial charge in [0.25, 0.3) is 0 Å². The van der Waals surface area contributed by atoms with Gasteiger partial charge in [-0.3, -0.25) is 4.79 Å². The van der Waals surface area contributed by atoms with Gasteiger partial charge in [0.05, 0.1) is 18.7 Å². The third kappa shape index (κ3) is 2.41. The number of esters is 1. The van der Waals surface area contributed by atoms with Crippen LogP contribution in [0.3, 0.4) is 0 Å². The van der Waals surface area contributed by atoms with Crippen LogP contribution in [0.4, 0.5) is 0 Å². The molecule has 0 N–H and O–H groups in total. The number of hydrogen-bond donors (Lipinski definition) is 0. The summed E-state index contributed by atoms with van der Waals surface area (Å²) in [6, 6.07) is 12.7. The number of furan rings is 1. The molecule has 0 fully saturated rings. The van der Waals surface area contributed by atoms with Crippen molar-refractivity contribution in [3.63, 3.8) is 0 Å². The van der Waals surface area contributed by atoms with E-state index in [9.17, 15) is 4.79 Å². The maximum atomic E-state index is 11.1. The van der Waals surface area contributed by atoms with Crippen molar-refractivity contribution in [3.05, 3.63) is 47.7 Å². The van der Waals surface area contributed by atoms with E-state index in [2.05, 4.69) is 10.8 Å². The van der Waals surface area contributed by atoms with Crippen LogP contribution in [0.25, 0.3) is 11.3 Å². The SMILES string of the molecule is COC(=O)Cc1ccc(-c2ccccc2C#N)o1. The van der Waals surface area contributed by atoms with Crippen molar-refractivity contribution in [1.82, 2.24) is 0 Å². The lowest BCUT2D eigenvalue weighted by atomic mass is 10.1. The van der Waals surface area contributed by atoms with E-state index in [0.717, 1.165) is 5.56 Å². The molecule has 0 aliphatic rings. The smallest absolute Gasteiger partial charge is 0.313 e. The summed E-state index contributed by atoms with van der Waals surface area (Å²) >= 11 is 0. The highest BCUT2D eigenvalue weighted by molar-refractivity contribution is 5.72. The first-order chi connectivity index (χ1) is 8.74. The molecule has 0 aliphatic heterocycles. The molecule has 90 valence electrons. The van der Waals surface area contributed by atoms with Crippen molar-refractivity contribution in [1.29, 1.82) is 5.26 Å². The third-order valence-electron chi connectivity index (χ3n) is 2.52. The summed E-state index contributed by atoms with van der Waals surface area (Å²) in [5.41, 5.74) is 1.26. The second-order valence-corrected chi connectivity index (χ2v) is 3.68. The minimum absolute atomic E-state index is 0.0885. The molecule has 1 aromatic carbocycles. The predicted octanol–water partition coefficient (Wildman–Crippen LogP) is 2.53. The fourth-order valence-corrected chi connectivity index (χ4v) is 1.63. The molecule has 0 bridgehead atoms. The quantitative estimate of drug-likeness (QED) is 0.774. The lowest BCUT2D eigenvalue weighted by Crippen LogP contribution is -2.03. The maximum Gasteiger partial charge on any atom is 0.313 e. The van der Waals surface area contributed by atoms with E-state index >= 15 is 0 Å². The Hall–Kier alpha value is -2.54. The Morgan fingerprint density at radius 2 is 2.11 bits per heavy atom. The summed E-state index contributed by atoms with van der Waals surface area (Å²) in [4.78, 5) is 11.1. The lowest BCUT2D eigenvalue weighted by Gasteiger charge is -1.99. The highest BCUT2D eigenvalue weighted by Gasteiger charge is 2.11. The van der Waals surface area contributed by atoms with Crippen molar-refractivity contribution in [2.24, 2.45) is 0 Å². The zero-order chi connectivity index (χ0) is 13.0. The molecule has 0 spiro atoms. The highest BCUT2D eigenvalue weighted by atomic mass is 16.5. The van der Waals surface area contributed by atoms with Gasteiger partial charge >= 0.3 is 5.97 Å². The number of methoxy groups -OCH3 is 1. The van der Waals surface area contributed by atoms with Gasteiger partial charge in [-0.15, -0.1) is 0 Å². The van der Waals surface area contributed by atoms with Crippen LogP contribution in [-0.4, -0.2) is 13.1 Å². The minimum atomic E-state index is -0.357. The van der Waals surface area contributed by atoms with E-state index in [0.29, 0.717) is 17.1 Å². The zero-order valence-corrected chi connectivity index (χ0v) is 9.84. The molecule has 0 saturated carbocycles. The summed E-state index contributed by atoms with van der Waals surface area (Å²) in [7, 11) is 1.33. The van der Waals surface area contributed by atoms with Crippen molar-refractivity contribution in [3.8, 4) is 17.4 Å². The monoisotopic (exact) mass is 241 g/mol. The number of carbonyl (C=O) groups is 1. The molecule has 4 heteroatoms. The molecule has 0 radical (unpaired) electrons. The number of nitrogens with zero attached hydrogens (tertiary/aromatic N) is 1. The van der Waals surface area contributed by atoms with Gasteiger partial charge < -0.3 is 9.15 Å². The lowest BCUT2D eigenvalue weighted by molar-refractivity contribution is -0.140. The first-order valence-electron chi connectivity index (χ1n) is 5.39. The topological polar surface area (TPSA) is 63.2 Å². The summed E-state index contributed by atoms with van der Waals surface area (Å²) < 4.78 is 10.1. The molecule has 4 nitrogen and oxygen atoms in total. The van der Waals surface area contributed by atoms with Gasteiger partial charge in [-0.1, -0.05) is 12.1 Å². The Kier molecular flexibility index (Phi) is 3.44. The largest absolute Gasteiger partial charge is 0.469 e. The van der Waals surface area contributed by atoms with E-state index < -0.39 is 0 Å². The number of nitriles is 1. The average Bonchev–Trinajstić information content (AvgIpc) is 2.86. The fourth-order valence-electron chi connectivity index (χ4n) is 1.63. The second kappa shape index (κ2) is 5.19. The molecule has 18 heavy (non-hydrogen) atoms. The van der Waals surface area contributed by atoms with Crippen LogP contribution in [0.2, 0.25) is 0 Å². The molecule has 2 rings (SSSR count). The van der Waals surface area contributed by atoms with Crippen molar-refractivity contribution < 1.29 is 13.9 Å². The molecule has 0 aliphatic carbocycles. The van der Waals surface area contributed by atoms with E-state index in [4.69, 9.17) is 9.68 Å². The van der Waals surface area contributed by atoms with E-state index in [1.54, 1.807) is 30.3 Å². The molecule has 1 aromatic heterocycles. The fraction of sp³-hybridized carbons (Fsp3) is 0.143. The van der Waals surface area contributed by atoms with Crippen molar-refractivity contribution in [2.75, 3.05) is 7.11 Å². The van der Waals surface area contributed by atoms with Gasteiger partial charge in [-0.25, -0.2) is 0 Å². The van der Waals surface area contributed by atoms with Crippen LogP contribution >= 0.6 is 0 Å². The summed E-state index contributed by atoms with van der Waals surface area (Å²) in [5.74, 6) is 0.736. The van der Waals surface area contributed by atoms with Crippen molar-refractivity contribution >= 4 is 5.97 Å². The van der Waals surface area contributed by atoms with E-state index in [1.807, 2.05) is 6.07 Å². The molecular weight excluding hydrogens is 230 g/mol. The highest BCUT2D eigenvalue weighted by Crippen LogP contribution is 2.25. The number of ether oxygens (including phenoxy) is 1. The van der Waals surface area contributed by atoms with E-state index in [1.165, 1.54) is 7.11 Å². The summed E-state index contributed by atoms with van der Waals surface area (Å²) in [5, 5.41) is 9.00. The molecule has 1 heterocycles. The van der Waals surface area contributed by atoms with Crippen LogP contribution < -0.4 is 0 Å². The van der Waals surface area contributed by atoms with Gasteiger partial charge in [-0.05, 0) is 24.3 Å². The first kappa shape index (κ1) is 11.9. The summed E-state index contributed by atoms with van der Waals surface area (Å²) in [6.45, 7) is 0. The Bertz CT molecular complexity index is 607. The molecule has 0 saturated heterocycles. The van der Waals surface area contributed by atoms with Gasteiger partial charge in [-0.2, -0.15) is 5.26 Å². The Labute approximate surface area is 104 Å². The van der Waals surface area contributed by atoms with Gasteiger partial charge in [0, 0.05) is 5.56 Å². The third-order valence-corrected chi connectivity index (χ3v) is 2.52. The standard InChI is InChI=1S/C14H11NO3/c1-17-14(16)8-11-6-7-13(18-11)12-5-3-2-4-10(12)9-15/h2-7H,8H2,1H3. The predicted molar refractivity (Wildman–Crippen MR) is 64.6 cm³/mol. The summed E-state index contributed by atoms with van der Waals surface area (Å²) in [6.07, 6.45) is 0.0885. The van der Waals surface area contributed by atoms with Crippen LogP contribution in [-0.2, 0) is 16.0 Å². The zero-order valence-electron chi connectivity index (χ0n) is 9.84. The van der Waals surface area contributed by atoms with Gasteiger partial charge in [0.1, 0.15) is 17.9 Å². The Balaban J connectivity index is 2.30. The van der Waals surface area contributed by atoms with Crippen LogP contribution in [0.5, 0.6) is 0 Å². The molecule has 0 unspecified atom stereocenters.